The number of anilines is 2. The lowest BCUT2D eigenvalue weighted by molar-refractivity contribution is 0.600. The second-order valence-corrected chi connectivity index (χ2v) is 7.82. The maximum atomic E-state index is 12.6. The molecule has 1 aromatic heterocycles. The van der Waals surface area contributed by atoms with Gasteiger partial charge in [-0.15, -0.1) is 0 Å². The number of aryl methyl sites for hydroxylation is 2. The molecule has 0 fully saturated rings. The van der Waals surface area contributed by atoms with Crippen LogP contribution in [0.1, 0.15) is 16.7 Å². The van der Waals surface area contributed by atoms with E-state index in [1.807, 2.05) is 37.3 Å². The van der Waals surface area contributed by atoms with Gasteiger partial charge in [0.2, 0.25) is 0 Å². The molecule has 2 N–H and O–H groups in total. The Labute approximate surface area is 154 Å². The van der Waals surface area contributed by atoms with E-state index in [-0.39, 0.29) is 0 Å². The van der Waals surface area contributed by atoms with Crippen LogP contribution in [0.3, 0.4) is 0 Å². The van der Waals surface area contributed by atoms with E-state index in [1.54, 1.807) is 43.6 Å². The van der Waals surface area contributed by atoms with Gasteiger partial charge in [-0.2, -0.15) is 0 Å². The zero-order valence-electron chi connectivity index (χ0n) is 14.7. The Morgan fingerprint density at radius 2 is 1.69 bits per heavy atom. The highest BCUT2D eigenvalue weighted by atomic mass is 32.2. The summed E-state index contributed by atoms with van der Waals surface area (Å²) in [6.45, 7) is 4.39. The van der Waals surface area contributed by atoms with Gasteiger partial charge >= 0.3 is 0 Å². The summed E-state index contributed by atoms with van der Waals surface area (Å²) in [6, 6.07) is 16.4. The molecule has 0 saturated carbocycles. The van der Waals surface area contributed by atoms with Crippen LogP contribution in [0.4, 0.5) is 11.4 Å². The van der Waals surface area contributed by atoms with Crippen LogP contribution in [0.25, 0.3) is 0 Å². The smallest absolute Gasteiger partial charge is 0.262 e. The number of benzene rings is 2. The van der Waals surface area contributed by atoms with E-state index in [4.69, 9.17) is 0 Å². The molecule has 0 bridgehead atoms. The van der Waals surface area contributed by atoms with Crippen molar-refractivity contribution < 1.29 is 8.42 Å². The molecule has 2 aromatic carbocycles. The maximum Gasteiger partial charge on any atom is 0.262 e. The van der Waals surface area contributed by atoms with Gasteiger partial charge in [-0.3, -0.25) is 9.71 Å². The van der Waals surface area contributed by atoms with Crippen LogP contribution in [0.15, 0.2) is 71.9 Å². The molecule has 6 heteroatoms. The topological polar surface area (TPSA) is 71.1 Å². The zero-order chi connectivity index (χ0) is 18.6. The lowest BCUT2D eigenvalue weighted by atomic mass is 10.2. The molecule has 134 valence electrons. The number of hydrogen-bond donors (Lipinski definition) is 2. The number of sulfonamides is 1. The van der Waals surface area contributed by atoms with Crippen molar-refractivity contribution >= 4 is 21.4 Å². The van der Waals surface area contributed by atoms with Crippen LogP contribution in [0, 0.1) is 13.8 Å². The summed E-state index contributed by atoms with van der Waals surface area (Å²) in [5, 5.41) is 3.28. The first-order valence-corrected chi connectivity index (χ1v) is 9.75. The minimum absolute atomic E-state index is 0.293. The summed E-state index contributed by atoms with van der Waals surface area (Å²) in [6.07, 6.45) is 3.54. The van der Waals surface area contributed by atoms with E-state index in [0.29, 0.717) is 17.1 Å². The molecule has 0 aliphatic rings. The normalized spacial score (nSPS) is 11.2. The Balaban J connectivity index is 1.68. The van der Waals surface area contributed by atoms with Crippen molar-refractivity contribution in [2.45, 2.75) is 25.3 Å². The van der Waals surface area contributed by atoms with E-state index in [1.165, 1.54) is 0 Å². The van der Waals surface area contributed by atoms with Crippen LogP contribution in [0.5, 0.6) is 0 Å². The van der Waals surface area contributed by atoms with E-state index >= 15 is 0 Å². The highest BCUT2D eigenvalue weighted by Gasteiger charge is 2.16. The van der Waals surface area contributed by atoms with Gasteiger partial charge in [0.25, 0.3) is 10.0 Å². The van der Waals surface area contributed by atoms with E-state index < -0.39 is 10.0 Å². The second kappa shape index (κ2) is 7.58. The fourth-order valence-corrected chi connectivity index (χ4v) is 3.96. The molecular weight excluding hydrogens is 346 g/mol. The minimum atomic E-state index is -3.61. The van der Waals surface area contributed by atoms with Crippen molar-refractivity contribution in [1.82, 2.24) is 4.98 Å². The average Bonchev–Trinajstić information content (AvgIpc) is 2.61. The van der Waals surface area contributed by atoms with Crippen molar-refractivity contribution in [3.05, 3.63) is 83.7 Å². The highest BCUT2D eigenvalue weighted by Crippen LogP contribution is 2.21. The molecule has 0 saturated heterocycles. The van der Waals surface area contributed by atoms with Gasteiger partial charge in [0.15, 0.2) is 0 Å². The first-order valence-electron chi connectivity index (χ1n) is 8.27. The van der Waals surface area contributed by atoms with Crippen LogP contribution in [-0.2, 0) is 16.6 Å². The number of pyridine rings is 1. The van der Waals surface area contributed by atoms with Crippen LogP contribution >= 0.6 is 0 Å². The predicted molar refractivity (Wildman–Crippen MR) is 105 cm³/mol. The molecule has 26 heavy (non-hydrogen) atoms. The van der Waals surface area contributed by atoms with E-state index in [2.05, 4.69) is 15.0 Å². The molecular formula is C20H21N3O2S. The van der Waals surface area contributed by atoms with Gasteiger partial charge in [0, 0.05) is 30.3 Å². The molecule has 0 radical (unpaired) electrons. The molecule has 5 nitrogen and oxygen atoms in total. The predicted octanol–water partition coefficient (Wildman–Crippen LogP) is 4.11. The van der Waals surface area contributed by atoms with Gasteiger partial charge in [0.1, 0.15) is 0 Å². The second-order valence-electron chi connectivity index (χ2n) is 6.17. The summed E-state index contributed by atoms with van der Waals surface area (Å²) >= 11 is 0. The summed E-state index contributed by atoms with van der Waals surface area (Å²) in [7, 11) is -3.61. The van der Waals surface area contributed by atoms with Crippen LogP contribution < -0.4 is 10.0 Å². The molecule has 0 spiro atoms. The van der Waals surface area contributed by atoms with Crippen molar-refractivity contribution in [2.24, 2.45) is 0 Å². The number of hydrogen-bond acceptors (Lipinski definition) is 4. The molecule has 3 rings (SSSR count). The third kappa shape index (κ3) is 4.40. The van der Waals surface area contributed by atoms with E-state index in [0.717, 1.165) is 22.4 Å². The standard InChI is InChI=1S/C20H21N3O2S/c1-15-5-10-20(16(2)12-15)26(24,25)23-19-8-6-18(7-9-19)22-14-17-4-3-11-21-13-17/h3-13,22-23H,14H2,1-2H3. The zero-order valence-corrected chi connectivity index (χ0v) is 15.5. The molecule has 0 aliphatic heterocycles. The summed E-state index contributed by atoms with van der Waals surface area (Å²) in [5.74, 6) is 0. The largest absolute Gasteiger partial charge is 0.381 e. The summed E-state index contributed by atoms with van der Waals surface area (Å²) in [5.41, 5.74) is 4.27. The third-order valence-electron chi connectivity index (χ3n) is 3.98. The first kappa shape index (κ1) is 17.9. The molecule has 0 unspecified atom stereocenters. The van der Waals surface area contributed by atoms with Crippen LogP contribution in [0.2, 0.25) is 0 Å². The molecule has 0 amide bonds. The minimum Gasteiger partial charge on any atom is -0.381 e. The van der Waals surface area contributed by atoms with Crippen molar-refractivity contribution in [1.29, 1.82) is 0 Å². The van der Waals surface area contributed by atoms with Crippen molar-refractivity contribution in [3.8, 4) is 0 Å². The molecule has 1 heterocycles. The quantitative estimate of drug-likeness (QED) is 0.688. The monoisotopic (exact) mass is 367 g/mol. The van der Waals surface area contributed by atoms with Gasteiger partial charge in [0.05, 0.1) is 4.90 Å². The molecule has 0 atom stereocenters. The fraction of sp³-hybridized carbons (Fsp3) is 0.150. The Morgan fingerprint density at radius 3 is 2.35 bits per heavy atom. The molecule has 3 aromatic rings. The third-order valence-corrected chi connectivity index (χ3v) is 5.52. The number of aromatic nitrogens is 1. The Hall–Kier alpha value is -2.86. The SMILES string of the molecule is Cc1ccc(S(=O)(=O)Nc2ccc(NCc3cccnc3)cc2)c(C)c1. The van der Waals surface area contributed by atoms with Gasteiger partial charge in [-0.25, -0.2) is 8.42 Å². The van der Waals surface area contributed by atoms with E-state index in [9.17, 15) is 8.42 Å². The number of rotatable bonds is 6. The van der Waals surface area contributed by atoms with Crippen molar-refractivity contribution in [2.75, 3.05) is 10.0 Å². The lowest BCUT2D eigenvalue weighted by Crippen LogP contribution is -2.14. The number of nitrogens with zero attached hydrogens (tertiary/aromatic N) is 1. The highest BCUT2D eigenvalue weighted by molar-refractivity contribution is 7.92. The lowest BCUT2D eigenvalue weighted by Gasteiger charge is -2.12. The maximum absolute atomic E-state index is 12.6. The summed E-state index contributed by atoms with van der Waals surface area (Å²) < 4.78 is 27.8. The van der Waals surface area contributed by atoms with Gasteiger partial charge < -0.3 is 5.32 Å². The van der Waals surface area contributed by atoms with Gasteiger partial charge in [-0.05, 0) is 61.4 Å². The number of nitrogens with one attached hydrogen (secondary N) is 2. The Morgan fingerprint density at radius 1 is 0.962 bits per heavy atom. The Bertz CT molecular complexity index is 985. The first-order chi connectivity index (χ1) is 12.4. The van der Waals surface area contributed by atoms with Gasteiger partial charge in [-0.1, -0.05) is 23.8 Å². The molecule has 0 aliphatic carbocycles. The Kier molecular flexibility index (Phi) is 5.23. The average molecular weight is 367 g/mol. The summed E-state index contributed by atoms with van der Waals surface area (Å²) in [4.78, 5) is 4.37. The fourth-order valence-electron chi connectivity index (χ4n) is 2.67. The van der Waals surface area contributed by atoms with Crippen LogP contribution in [-0.4, -0.2) is 13.4 Å². The van der Waals surface area contributed by atoms with Crippen molar-refractivity contribution in [3.63, 3.8) is 0 Å².